The summed E-state index contributed by atoms with van der Waals surface area (Å²) in [4.78, 5) is 11.7. The summed E-state index contributed by atoms with van der Waals surface area (Å²) >= 11 is 0. The minimum Gasteiger partial charge on any atom is -0.297 e. The Morgan fingerprint density at radius 3 is 2.83 bits per heavy atom. The van der Waals surface area contributed by atoms with Crippen LogP contribution in [0.15, 0.2) is 36.5 Å². The number of aryl methyl sites for hydroxylation is 1. The fourth-order valence-corrected chi connectivity index (χ4v) is 3.51. The maximum Gasteiger partial charge on any atom is 0.131 e. The monoisotopic (exact) mass is 309 g/mol. The van der Waals surface area contributed by atoms with Crippen LogP contribution in [0.25, 0.3) is 0 Å². The molecular formula is C20H27N3. The Morgan fingerprint density at radius 2 is 2.04 bits per heavy atom. The third kappa shape index (κ3) is 3.97. The highest BCUT2D eigenvalue weighted by Gasteiger charge is 2.22. The van der Waals surface area contributed by atoms with Crippen molar-refractivity contribution in [2.24, 2.45) is 0 Å². The summed E-state index contributed by atoms with van der Waals surface area (Å²) < 4.78 is 0. The second-order valence-corrected chi connectivity index (χ2v) is 6.99. The van der Waals surface area contributed by atoms with Crippen molar-refractivity contribution in [1.29, 1.82) is 0 Å². The maximum absolute atomic E-state index is 4.73. The first kappa shape index (κ1) is 16.1. The van der Waals surface area contributed by atoms with Crippen molar-refractivity contribution in [2.45, 2.75) is 52.0 Å². The number of nitrogens with zero attached hydrogens (tertiary/aromatic N) is 3. The van der Waals surface area contributed by atoms with Crippen LogP contribution in [0.2, 0.25) is 0 Å². The average molecular weight is 309 g/mol. The molecule has 0 radical (unpaired) electrons. The highest BCUT2D eigenvalue weighted by molar-refractivity contribution is 5.29. The Hall–Kier alpha value is -1.74. The van der Waals surface area contributed by atoms with Crippen LogP contribution in [0.4, 0.5) is 0 Å². The van der Waals surface area contributed by atoms with Gasteiger partial charge in [0.15, 0.2) is 0 Å². The molecule has 1 saturated heterocycles. The lowest BCUT2D eigenvalue weighted by atomic mass is 9.88. The highest BCUT2D eigenvalue weighted by atomic mass is 15.1. The summed E-state index contributed by atoms with van der Waals surface area (Å²) in [5, 5.41) is 0. The van der Waals surface area contributed by atoms with Crippen LogP contribution in [0.3, 0.4) is 0 Å². The second-order valence-electron chi connectivity index (χ2n) is 6.99. The summed E-state index contributed by atoms with van der Waals surface area (Å²) in [5.74, 6) is 1.99. The average Bonchev–Trinajstić information content (AvgIpc) is 2.56. The zero-order chi connectivity index (χ0) is 16.2. The van der Waals surface area contributed by atoms with Crippen molar-refractivity contribution in [2.75, 3.05) is 13.1 Å². The molecule has 0 spiro atoms. The molecule has 2 heterocycles. The molecule has 1 aromatic heterocycles. The SMILES string of the molecule is Cc1ccccc1[C@H]1CCCN(Cc2ccnc(C(C)C)n2)C1. The largest absolute Gasteiger partial charge is 0.297 e. The van der Waals surface area contributed by atoms with Crippen molar-refractivity contribution in [3.8, 4) is 0 Å². The first-order valence-corrected chi connectivity index (χ1v) is 8.73. The Labute approximate surface area is 139 Å². The van der Waals surface area contributed by atoms with E-state index in [1.807, 2.05) is 6.20 Å². The smallest absolute Gasteiger partial charge is 0.131 e. The molecule has 0 bridgehead atoms. The Balaban J connectivity index is 1.70. The summed E-state index contributed by atoms with van der Waals surface area (Å²) in [6.07, 6.45) is 4.46. The first-order valence-electron chi connectivity index (χ1n) is 8.73. The Kier molecular flexibility index (Phi) is 5.06. The fourth-order valence-electron chi connectivity index (χ4n) is 3.51. The topological polar surface area (TPSA) is 29.0 Å². The normalized spacial score (nSPS) is 19.2. The lowest BCUT2D eigenvalue weighted by molar-refractivity contribution is 0.197. The zero-order valence-corrected chi connectivity index (χ0v) is 14.5. The predicted octanol–water partition coefficient (Wildman–Crippen LogP) is 4.29. The molecular weight excluding hydrogens is 282 g/mol. The molecule has 1 atom stereocenters. The Morgan fingerprint density at radius 1 is 1.22 bits per heavy atom. The van der Waals surface area contributed by atoms with Crippen LogP contribution in [-0.4, -0.2) is 28.0 Å². The lowest BCUT2D eigenvalue weighted by Crippen LogP contribution is -2.34. The van der Waals surface area contributed by atoms with Crippen molar-refractivity contribution >= 4 is 0 Å². The van der Waals surface area contributed by atoms with Gasteiger partial charge >= 0.3 is 0 Å². The van der Waals surface area contributed by atoms with E-state index in [-0.39, 0.29) is 0 Å². The van der Waals surface area contributed by atoms with E-state index >= 15 is 0 Å². The minimum atomic E-state index is 0.385. The fraction of sp³-hybridized carbons (Fsp3) is 0.500. The van der Waals surface area contributed by atoms with E-state index < -0.39 is 0 Å². The summed E-state index contributed by atoms with van der Waals surface area (Å²) in [6.45, 7) is 9.76. The van der Waals surface area contributed by atoms with E-state index in [0.29, 0.717) is 11.8 Å². The molecule has 0 saturated carbocycles. The molecule has 2 aromatic rings. The molecule has 3 heteroatoms. The van der Waals surface area contributed by atoms with E-state index in [1.165, 1.54) is 30.5 Å². The molecule has 0 unspecified atom stereocenters. The number of aromatic nitrogens is 2. The van der Waals surface area contributed by atoms with E-state index in [9.17, 15) is 0 Å². The van der Waals surface area contributed by atoms with Crippen molar-refractivity contribution in [3.63, 3.8) is 0 Å². The Bertz CT molecular complexity index is 651. The van der Waals surface area contributed by atoms with E-state index in [4.69, 9.17) is 4.98 Å². The van der Waals surface area contributed by atoms with Gasteiger partial charge in [0.2, 0.25) is 0 Å². The number of likely N-dealkylation sites (tertiary alicyclic amines) is 1. The van der Waals surface area contributed by atoms with Gasteiger partial charge in [0.05, 0.1) is 5.69 Å². The molecule has 1 aliphatic rings. The second kappa shape index (κ2) is 7.22. The van der Waals surface area contributed by atoms with Gasteiger partial charge in [-0.25, -0.2) is 9.97 Å². The molecule has 122 valence electrons. The molecule has 3 nitrogen and oxygen atoms in total. The van der Waals surface area contributed by atoms with E-state index in [2.05, 4.69) is 61.0 Å². The highest BCUT2D eigenvalue weighted by Crippen LogP contribution is 2.29. The lowest BCUT2D eigenvalue weighted by Gasteiger charge is -2.33. The number of rotatable bonds is 4. The van der Waals surface area contributed by atoms with Gasteiger partial charge in [-0.3, -0.25) is 4.90 Å². The van der Waals surface area contributed by atoms with Crippen molar-refractivity contribution in [1.82, 2.24) is 14.9 Å². The van der Waals surface area contributed by atoms with Gasteiger partial charge in [0, 0.05) is 25.2 Å². The van der Waals surface area contributed by atoms with Gasteiger partial charge in [-0.1, -0.05) is 38.1 Å². The minimum absolute atomic E-state index is 0.385. The molecule has 0 amide bonds. The van der Waals surface area contributed by atoms with Crippen LogP contribution in [0.1, 0.15) is 61.2 Å². The summed E-state index contributed by atoms with van der Waals surface area (Å²) in [6, 6.07) is 10.9. The van der Waals surface area contributed by atoms with Crippen LogP contribution in [-0.2, 0) is 6.54 Å². The first-order chi connectivity index (χ1) is 11.1. The van der Waals surface area contributed by atoms with Gasteiger partial charge in [0.25, 0.3) is 0 Å². The van der Waals surface area contributed by atoms with E-state index in [1.54, 1.807) is 0 Å². The standard InChI is InChI=1S/C20H27N3/c1-15(2)20-21-11-10-18(22-20)14-23-12-6-8-17(13-23)19-9-5-4-7-16(19)3/h4-5,7,9-11,15,17H,6,8,12-14H2,1-3H3/t17-/m0/s1. The maximum atomic E-state index is 4.73. The molecule has 3 rings (SSSR count). The van der Waals surface area contributed by atoms with Crippen LogP contribution < -0.4 is 0 Å². The number of hydrogen-bond acceptors (Lipinski definition) is 3. The molecule has 1 aromatic carbocycles. The molecule has 1 fully saturated rings. The molecule has 0 aliphatic carbocycles. The molecule has 1 aliphatic heterocycles. The molecule has 23 heavy (non-hydrogen) atoms. The third-order valence-electron chi connectivity index (χ3n) is 4.77. The number of piperidine rings is 1. The van der Waals surface area contributed by atoms with E-state index in [0.717, 1.165) is 24.6 Å². The van der Waals surface area contributed by atoms with Crippen LogP contribution in [0, 0.1) is 6.92 Å². The van der Waals surface area contributed by atoms with Crippen LogP contribution in [0.5, 0.6) is 0 Å². The van der Waals surface area contributed by atoms with Gasteiger partial charge in [0.1, 0.15) is 5.82 Å². The number of benzene rings is 1. The third-order valence-corrected chi connectivity index (χ3v) is 4.77. The predicted molar refractivity (Wildman–Crippen MR) is 94.6 cm³/mol. The molecule has 0 N–H and O–H groups in total. The van der Waals surface area contributed by atoms with Gasteiger partial charge in [-0.05, 0) is 49.4 Å². The quantitative estimate of drug-likeness (QED) is 0.843. The van der Waals surface area contributed by atoms with Crippen molar-refractivity contribution in [3.05, 3.63) is 59.2 Å². The summed E-state index contributed by atoms with van der Waals surface area (Å²) in [5.41, 5.74) is 4.08. The van der Waals surface area contributed by atoms with Crippen molar-refractivity contribution < 1.29 is 0 Å². The van der Waals surface area contributed by atoms with Gasteiger partial charge < -0.3 is 0 Å². The summed E-state index contributed by atoms with van der Waals surface area (Å²) in [7, 11) is 0. The van der Waals surface area contributed by atoms with Gasteiger partial charge in [-0.15, -0.1) is 0 Å². The zero-order valence-electron chi connectivity index (χ0n) is 14.5. The number of hydrogen-bond donors (Lipinski definition) is 0. The van der Waals surface area contributed by atoms with Crippen LogP contribution >= 0.6 is 0 Å². The van der Waals surface area contributed by atoms with Gasteiger partial charge in [-0.2, -0.15) is 0 Å².